The highest BCUT2D eigenvalue weighted by atomic mass is 31.2. The van der Waals surface area contributed by atoms with Gasteiger partial charge in [-0.2, -0.15) is 0 Å². The molecule has 0 bridgehead atoms. The summed E-state index contributed by atoms with van der Waals surface area (Å²) in [5, 5.41) is 0. The molecule has 0 spiro atoms. The predicted molar refractivity (Wildman–Crippen MR) is 34.6 cm³/mol. The Hall–Kier alpha value is -0.0300. The van der Waals surface area contributed by atoms with E-state index < -0.39 is 39.7 Å². The molecule has 13 heavy (non-hydrogen) atoms. The molecular formula is C4H6O7P2-4. The first-order chi connectivity index (χ1) is 5.60. The Morgan fingerprint density at radius 2 is 1.46 bits per heavy atom. The summed E-state index contributed by atoms with van der Waals surface area (Å²) in [6.45, 7) is 0. The molecule has 0 rings (SSSR count). The quantitative estimate of drug-likeness (QED) is 0.450. The van der Waals surface area contributed by atoms with E-state index in [0.29, 0.717) is 0 Å². The third-order valence-corrected chi connectivity index (χ3v) is 2.55. The number of hydrogen-bond donors (Lipinski definition) is 0. The zero-order chi connectivity index (χ0) is 10.7. The van der Waals surface area contributed by atoms with E-state index in [1.165, 1.54) is 0 Å². The largest absolute Gasteiger partial charge is 0.811 e. The summed E-state index contributed by atoms with van der Waals surface area (Å²) < 4.78 is 20.0. The van der Waals surface area contributed by atoms with Crippen molar-refractivity contribution in [3.63, 3.8) is 0 Å². The van der Waals surface area contributed by atoms with Gasteiger partial charge in [-0.05, 0) is 6.16 Å². The van der Waals surface area contributed by atoms with Gasteiger partial charge in [0, 0.05) is 12.6 Å². The minimum atomic E-state index is -4.95. The average Bonchev–Trinajstić information content (AvgIpc) is 1.78. The molecule has 0 N–H and O–H groups in total. The topological polar surface area (TPSA) is 143 Å². The van der Waals surface area contributed by atoms with Crippen LogP contribution >= 0.6 is 15.2 Å². The SMILES string of the molecule is O=C(CCP(=O)([O-])[O-])CP(=O)([O-])[O-]. The van der Waals surface area contributed by atoms with E-state index in [9.17, 15) is 33.5 Å². The molecule has 78 valence electrons. The van der Waals surface area contributed by atoms with Gasteiger partial charge in [-0.25, -0.2) is 0 Å². The lowest BCUT2D eigenvalue weighted by atomic mass is 10.3. The standard InChI is InChI=1S/C4H10O7P2/c5-4(3-13(9,10)11)1-2-12(6,7)8/h1-3H2,(H2,6,7,8)(H2,9,10,11)/p-4. The normalized spacial score (nSPS) is 12.9. The van der Waals surface area contributed by atoms with Gasteiger partial charge in [0.1, 0.15) is 5.78 Å². The molecule has 0 aromatic heterocycles. The molecule has 0 aromatic carbocycles. The van der Waals surface area contributed by atoms with Crippen LogP contribution in [0.5, 0.6) is 0 Å². The smallest absolute Gasteiger partial charge is 0.138 e. The van der Waals surface area contributed by atoms with Gasteiger partial charge in [0.2, 0.25) is 0 Å². The van der Waals surface area contributed by atoms with Crippen molar-refractivity contribution in [1.29, 1.82) is 0 Å². The Morgan fingerprint density at radius 1 is 1.00 bits per heavy atom. The van der Waals surface area contributed by atoms with Crippen LogP contribution in [-0.4, -0.2) is 18.1 Å². The van der Waals surface area contributed by atoms with Crippen molar-refractivity contribution in [1.82, 2.24) is 0 Å². The zero-order valence-corrected chi connectivity index (χ0v) is 8.16. The van der Waals surface area contributed by atoms with E-state index in [-0.39, 0.29) is 0 Å². The molecule has 0 radical (unpaired) electrons. The minimum Gasteiger partial charge on any atom is -0.811 e. The highest BCUT2D eigenvalue weighted by Crippen LogP contribution is 2.27. The van der Waals surface area contributed by atoms with Gasteiger partial charge in [0.15, 0.2) is 0 Å². The van der Waals surface area contributed by atoms with Gasteiger partial charge >= 0.3 is 0 Å². The third kappa shape index (κ3) is 9.89. The van der Waals surface area contributed by atoms with Gasteiger partial charge < -0.3 is 28.7 Å². The van der Waals surface area contributed by atoms with Crippen molar-refractivity contribution >= 4 is 21.0 Å². The Kier molecular flexibility index (Phi) is 4.45. The molecule has 7 nitrogen and oxygen atoms in total. The molecule has 0 unspecified atom stereocenters. The molecule has 0 amide bonds. The Bertz CT molecular complexity index is 272. The van der Waals surface area contributed by atoms with Gasteiger partial charge in [0.05, 0.1) is 0 Å². The van der Waals surface area contributed by atoms with Crippen LogP contribution in [0.1, 0.15) is 6.42 Å². The molecule has 0 aliphatic rings. The van der Waals surface area contributed by atoms with Crippen molar-refractivity contribution in [2.24, 2.45) is 0 Å². The molecule has 0 fully saturated rings. The van der Waals surface area contributed by atoms with Gasteiger partial charge in [-0.1, -0.05) is 15.2 Å². The van der Waals surface area contributed by atoms with Crippen LogP contribution in [0.25, 0.3) is 0 Å². The molecular weight excluding hydrogens is 222 g/mol. The Labute approximate surface area is 74.1 Å². The van der Waals surface area contributed by atoms with Crippen LogP contribution in [-0.2, 0) is 13.9 Å². The summed E-state index contributed by atoms with van der Waals surface area (Å²) >= 11 is 0. The molecule has 9 heteroatoms. The fraction of sp³-hybridized carbons (Fsp3) is 0.750. The Morgan fingerprint density at radius 3 is 1.77 bits per heavy atom. The van der Waals surface area contributed by atoms with E-state index in [4.69, 9.17) is 0 Å². The maximum atomic E-state index is 10.5. The lowest BCUT2D eigenvalue weighted by Gasteiger charge is -2.31. The van der Waals surface area contributed by atoms with Crippen molar-refractivity contribution in [3.8, 4) is 0 Å². The zero-order valence-electron chi connectivity index (χ0n) is 6.37. The maximum absolute atomic E-state index is 10.5. The van der Waals surface area contributed by atoms with Crippen LogP contribution in [0, 0.1) is 0 Å². The number of hydrogen-bond acceptors (Lipinski definition) is 7. The number of rotatable bonds is 5. The van der Waals surface area contributed by atoms with Gasteiger partial charge in [-0.15, -0.1) is 0 Å². The summed E-state index contributed by atoms with van der Waals surface area (Å²) in [5.74, 6) is -1.06. The van der Waals surface area contributed by atoms with Crippen molar-refractivity contribution in [3.05, 3.63) is 0 Å². The molecule has 0 heterocycles. The number of ketones is 1. The first-order valence-corrected chi connectivity index (χ1v) is 6.59. The highest BCUT2D eigenvalue weighted by molar-refractivity contribution is 7.50. The summed E-state index contributed by atoms with van der Waals surface area (Å²) in [7, 11) is -9.75. The number of carbonyl (C=O) groups is 1. The summed E-state index contributed by atoms with van der Waals surface area (Å²) in [5.41, 5.74) is 0. The van der Waals surface area contributed by atoms with Crippen molar-refractivity contribution in [2.75, 3.05) is 12.3 Å². The fourth-order valence-electron chi connectivity index (χ4n) is 0.557. The molecule has 0 saturated carbocycles. The van der Waals surface area contributed by atoms with Crippen molar-refractivity contribution in [2.45, 2.75) is 6.42 Å². The highest BCUT2D eigenvalue weighted by Gasteiger charge is 2.05. The first-order valence-electron chi connectivity index (χ1n) is 3.14. The van der Waals surface area contributed by atoms with Crippen LogP contribution in [0.4, 0.5) is 0 Å². The molecule has 0 aromatic rings. The van der Waals surface area contributed by atoms with Crippen LogP contribution in [0.2, 0.25) is 0 Å². The first kappa shape index (κ1) is 13.0. The maximum Gasteiger partial charge on any atom is 0.138 e. The second-order valence-corrected chi connectivity index (χ2v) is 5.60. The molecule has 0 saturated heterocycles. The van der Waals surface area contributed by atoms with E-state index in [1.54, 1.807) is 0 Å². The second kappa shape index (κ2) is 4.46. The third-order valence-electron chi connectivity index (χ3n) is 1.03. The summed E-state index contributed by atoms with van der Waals surface area (Å²) in [6.07, 6.45) is -2.92. The van der Waals surface area contributed by atoms with Crippen LogP contribution in [0.3, 0.4) is 0 Å². The molecule has 0 atom stereocenters. The molecule has 0 aliphatic heterocycles. The van der Waals surface area contributed by atoms with Crippen LogP contribution < -0.4 is 19.6 Å². The Balaban J connectivity index is 3.92. The average molecular weight is 228 g/mol. The van der Waals surface area contributed by atoms with E-state index in [1.807, 2.05) is 0 Å². The predicted octanol–water partition coefficient (Wildman–Crippen LogP) is -3.23. The minimum absolute atomic E-state index is 0.723. The van der Waals surface area contributed by atoms with Gasteiger partial charge in [-0.3, -0.25) is 4.79 Å². The second-order valence-electron chi connectivity index (χ2n) is 2.39. The lowest BCUT2D eigenvalue weighted by molar-refractivity contribution is -0.315. The summed E-state index contributed by atoms with van der Waals surface area (Å²) in [6, 6.07) is 0. The number of Topliss-reactive ketones (excluding diaryl/α,β-unsaturated/α-hetero) is 1. The van der Waals surface area contributed by atoms with E-state index in [2.05, 4.69) is 0 Å². The monoisotopic (exact) mass is 228 g/mol. The summed E-state index contributed by atoms with van der Waals surface area (Å²) in [4.78, 5) is 50.5. The fourth-order valence-corrected chi connectivity index (χ4v) is 1.67. The van der Waals surface area contributed by atoms with Crippen LogP contribution in [0.15, 0.2) is 0 Å². The van der Waals surface area contributed by atoms with Crippen molar-refractivity contribution < 1.29 is 33.5 Å². The van der Waals surface area contributed by atoms with E-state index in [0.717, 1.165) is 0 Å². The number of carbonyl (C=O) groups excluding carboxylic acids is 1. The van der Waals surface area contributed by atoms with E-state index >= 15 is 0 Å². The van der Waals surface area contributed by atoms with Gasteiger partial charge in [0.25, 0.3) is 0 Å². The molecule has 0 aliphatic carbocycles. The lowest BCUT2D eigenvalue weighted by Crippen LogP contribution is -2.24.